The molecule has 0 aliphatic carbocycles. The van der Waals surface area contributed by atoms with Gasteiger partial charge >= 0.3 is 0 Å². The Morgan fingerprint density at radius 1 is 1.29 bits per heavy atom. The molecule has 1 aromatic rings. The van der Waals surface area contributed by atoms with Gasteiger partial charge in [-0.25, -0.2) is 8.42 Å². The van der Waals surface area contributed by atoms with E-state index in [1.54, 1.807) is 0 Å². The van der Waals surface area contributed by atoms with Crippen LogP contribution in [-0.2, 0) is 9.84 Å². The zero-order chi connectivity index (χ0) is 15.9. The van der Waals surface area contributed by atoms with Crippen molar-refractivity contribution in [2.24, 2.45) is 0 Å². The van der Waals surface area contributed by atoms with Crippen molar-refractivity contribution in [3.8, 4) is 0 Å². The third kappa shape index (κ3) is 7.60. The lowest BCUT2D eigenvalue weighted by Crippen LogP contribution is -2.30. The second kappa shape index (κ2) is 8.51. The Labute approximate surface area is 129 Å². The van der Waals surface area contributed by atoms with E-state index in [0.717, 1.165) is 19.5 Å². The molecule has 0 amide bonds. The third-order valence-electron chi connectivity index (χ3n) is 3.54. The highest BCUT2D eigenvalue weighted by Gasteiger charge is 2.12. The number of nitrogens with one attached hydrogen (secondary N) is 1. The Hall–Kier alpha value is -0.910. The maximum atomic E-state index is 11.2. The van der Waals surface area contributed by atoms with Crippen LogP contribution >= 0.6 is 0 Å². The van der Waals surface area contributed by atoms with Crippen LogP contribution in [-0.4, -0.2) is 52.0 Å². The zero-order valence-electron chi connectivity index (χ0n) is 13.6. The van der Waals surface area contributed by atoms with Crippen LogP contribution in [0.1, 0.15) is 30.5 Å². The lowest BCUT2D eigenvalue weighted by molar-refractivity contribution is 0.323. The van der Waals surface area contributed by atoms with Gasteiger partial charge in [0.05, 0.1) is 5.75 Å². The van der Waals surface area contributed by atoms with Crippen LogP contribution in [0.15, 0.2) is 24.3 Å². The molecule has 120 valence electrons. The molecule has 5 heteroatoms. The Morgan fingerprint density at radius 2 is 2.00 bits per heavy atom. The molecule has 1 unspecified atom stereocenters. The summed E-state index contributed by atoms with van der Waals surface area (Å²) >= 11 is 0. The summed E-state index contributed by atoms with van der Waals surface area (Å²) in [4.78, 5) is 2.08. The fourth-order valence-corrected chi connectivity index (χ4v) is 2.95. The van der Waals surface area contributed by atoms with E-state index in [0.29, 0.717) is 12.6 Å². The number of hydrogen-bond acceptors (Lipinski definition) is 4. The molecule has 0 spiro atoms. The Kier molecular flexibility index (Phi) is 7.35. The maximum absolute atomic E-state index is 11.2. The van der Waals surface area contributed by atoms with E-state index in [9.17, 15) is 8.42 Å². The van der Waals surface area contributed by atoms with E-state index in [4.69, 9.17) is 0 Å². The number of sulfone groups is 1. The topological polar surface area (TPSA) is 49.4 Å². The highest BCUT2D eigenvalue weighted by atomic mass is 32.2. The predicted octanol–water partition coefficient (Wildman–Crippen LogP) is 2.01. The van der Waals surface area contributed by atoms with Crippen molar-refractivity contribution < 1.29 is 8.42 Å². The molecule has 0 saturated carbocycles. The summed E-state index contributed by atoms with van der Waals surface area (Å²) in [5.41, 5.74) is 2.56. The largest absolute Gasteiger partial charge is 0.310 e. The molecular weight excluding hydrogens is 284 g/mol. The van der Waals surface area contributed by atoms with Crippen LogP contribution in [0.5, 0.6) is 0 Å². The summed E-state index contributed by atoms with van der Waals surface area (Å²) in [7, 11) is -0.906. The molecule has 0 heterocycles. The molecule has 0 radical (unpaired) electrons. The van der Waals surface area contributed by atoms with E-state index in [1.807, 2.05) is 7.05 Å². The fourth-order valence-electron chi connectivity index (χ4n) is 2.30. The SMILES string of the molecule is CCNC(CCN(C)CCS(C)(=O)=O)c1cccc(C)c1. The Bertz CT molecular complexity index is 529. The summed E-state index contributed by atoms with van der Waals surface area (Å²) < 4.78 is 22.4. The molecular formula is C16H28N2O2S. The molecule has 4 nitrogen and oxygen atoms in total. The second-order valence-electron chi connectivity index (χ2n) is 5.75. The first kappa shape index (κ1) is 18.1. The van der Waals surface area contributed by atoms with E-state index >= 15 is 0 Å². The summed E-state index contributed by atoms with van der Waals surface area (Å²) in [5, 5.41) is 3.51. The summed E-state index contributed by atoms with van der Waals surface area (Å²) in [6, 6.07) is 8.86. The minimum atomic E-state index is -2.88. The summed E-state index contributed by atoms with van der Waals surface area (Å²) in [6.45, 7) is 6.60. The average Bonchev–Trinajstić information content (AvgIpc) is 2.40. The third-order valence-corrected chi connectivity index (χ3v) is 4.46. The average molecular weight is 312 g/mol. The van der Waals surface area contributed by atoms with Crippen LogP contribution in [0.2, 0.25) is 0 Å². The molecule has 0 aromatic heterocycles. The van der Waals surface area contributed by atoms with E-state index in [-0.39, 0.29) is 5.75 Å². The Morgan fingerprint density at radius 3 is 2.57 bits per heavy atom. The minimum absolute atomic E-state index is 0.222. The molecule has 21 heavy (non-hydrogen) atoms. The molecule has 0 saturated heterocycles. The van der Waals surface area contributed by atoms with Crippen molar-refractivity contribution in [2.45, 2.75) is 26.3 Å². The van der Waals surface area contributed by atoms with Crippen LogP contribution in [0.4, 0.5) is 0 Å². The molecule has 0 aliphatic rings. The predicted molar refractivity (Wildman–Crippen MR) is 89.4 cm³/mol. The van der Waals surface area contributed by atoms with Gasteiger partial charge in [-0.3, -0.25) is 0 Å². The van der Waals surface area contributed by atoms with E-state index in [2.05, 4.69) is 48.3 Å². The molecule has 0 aliphatic heterocycles. The quantitative estimate of drug-likeness (QED) is 0.758. The summed E-state index contributed by atoms with van der Waals surface area (Å²) in [6.07, 6.45) is 2.26. The van der Waals surface area contributed by atoms with Crippen molar-refractivity contribution >= 4 is 9.84 Å². The first-order valence-corrected chi connectivity index (χ1v) is 9.54. The molecule has 0 fully saturated rings. The lowest BCUT2D eigenvalue weighted by atomic mass is 10.0. The molecule has 0 bridgehead atoms. The first-order valence-electron chi connectivity index (χ1n) is 7.48. The minimum Gasteiger partial charge on any atom is -0.310 e. The highest BCUT2D eigenvalue weighted by Crippen LogP contribution is 2.18. The van der Waals surface area contributed by atoms with Gasteiger partial charge in [-0.2, -0.15) is 0 Å². The van der Waals surface area contributed by atoms with Crippen molar-refractivity contribution in [1.82, 2.24) is 10.2 Å². The van der Waals surface area contributed by atoms with Crippen molar-refractivity contribution in [3.63, 3.8) is 0 Å². The number of rotatable bonds is 9. The number of nitrogens with zero attached hydrogens (tertiary/aromatic N) is 1. The van der Waals surface area contributed by atoms with Gasteiger partial charge in [0, 0.05) is 18.8 Å². The molecule has 1 N–H and O–H groups in total. The Balaban J connectivity index is 2.55. The molecule has 1 atom stereocenters. The van der Waals surface area contributed by atoms with Crippen LogP contribution in [0, 0.1) is 6.92 Å². The van der Waals surface area contributed by atoms with Gasteiger partial charge in [-0.05, 0) is 39.0 Å². The smallest absolute Gasteiger partial charge is 0.148 e. The zero-order valence-corrected chi connectivity index (χ0v) is 14.4. The van der Waals surface area contributed by atoms with Gasteiger partial charge in [0.15, 0.2) is 0 Å². The standard InChI is InChI=1S/C16H28N2O2S/c1-5-17-16(15-8-6-7-14(2)13-15)9-10-18(3)11-12-21(4,19)20/h6-8,13,16-17H,5,9-12H2,1-4H3. The van der Waals surface area contributed by atoms with Gasteiger partial charge in [0.25, 0.3) is 0 Å². The van der Waals surface area contributed by atoms with Crippen molar-refractivity contribution in [2.75, 3.05) is 38.7 Å². The summed E-state index contributed by atoms with van der Waals surface area (Å²) in [5.74, 6) is 0.222. The normalized spacial score (nSPS) is 13.6. The number of hydrogen-bond donors (Lipinski definition) is 1. The monoisotopic (exact) mass is 312 g/mol. The second-order valence-corrected chi connectivity index (χ2v) is 8.01. The van der Waals surface area contributed by atoms with E-state index < -0.39 is 9.84 Å². The van der Waals surface area contributed by atoms with Gasteiger partial charge in [0.1, 0.15) is 9.84 Å². The fraction of sp³-hybridized carbons (Fsp3) is 0.625. The van der Waals surface area contributed by atoms with Gasteiger partial charge in [0.2, 0.25) is 0 Å². The number of aryl methyl sites for hydroxylation is 1. The van der Waals surface area contributed by atoms with Gasteiger partial charge in [-0.15, -0.1) is 0 Å². The van der Waals surface area contributed by atoms with Gasteiger partial charge < -0.3 is 10.2 Å². The van der Waals surface area contributed by atoms with Gasteiger partial charge in [-0.1, -0.05) is 36.8 Å². The first-order chi connectivity index (χ1) is 9.81. The molecule has 1 aromatic carbocycles. The highest BCUT2D eigenvalue weighted by molar-refractivity contribution is 7.90. The van der Waals surface area contributed by atoms with Crippen LogP contribution in [0.3, 0.4) is 0 Å². The maximum Gasteiger partial charge on any atom is 0.148 e. The molecule has 1 rings (SSSR count). The van der Waals surface area contributed by atoms with Crippen molar-refractivity contribution in [1.29, 1.82) is 0 Å². The lowest BCUT2D eigenvalue weighted by Gasteiger charge is -2.23. The number of benzene rings is 1. The van der Waals surface area contributed by atoms with Crippen LogP contribution < -0.4 is 5.32 Å². The van der Waals surface area contributed by atoms with E-state index in [1.165, 1.54) is 17.4 Å². The van der Waals surface area contributed by atoms with Crippen molar-refractivity contribution in [3.05, 3.63) is 35.4 Å². The van der Waals surface area contributed by atoms with Crippen LogP contribution in [0.25, 0.3) is 0 Å².